The average Bonchev–Trinajstić information content (AvgIpc) is 2.66. The number of ether oxygens (including phenoxy) is 1. The van der Waals surface area contributed by atoms with Crippen molar-refractivity contribution in [3.63, 3.8) is 0 Å². The van der Waals surface area contributed by atoms with Crippen LogP contribution in [0.1, 0.15) is 29.8 Å². The smallest absolute Gasteiger partial charge is 0.255 e. The molecule has 0 aliphatic heterocycles. The summed E-state index contributed by atoms with van der Waals surface area (Å²) in [6, 6.07) is 14.0. The summed E-state index contributed by atoms with van der Waals surface area (Å²) in [4.78, 5) is 35.2. The first-order chi connectivity index (χ1) is 13.0. The fourth-order valence-corrected chi connectivity index (χ4v) is 2.36. The van der Waals surface area contributed by atoms with E-state index in [0.29, 0.717) is 30.2 Å². The van der Waals surface area contributed by atoms with Gasteiger partial charge in [0.1, 0.15) is 5.75 Å². The zero-order chi connectivity index (χ0) is 19.6. The molecule has 0 aliphatic rings. The normalized spacial score (nSPS) is 10.0. The molecule has 142 valence electrons. The molecule has 2 aromatic rings. The molecule has 3 N–H and O–H groups in total. The van der Waals surface area contributed by atoms with Gasteiger partial charge in [0.15, 0.2) is 0 Å². The molecule has 0 unspecified atom stereocenters. The highest BCUT2D eigenvalue weighted by Crippen LogP contribution is 2.17. The number of hydrogen-bond acceptors (Lipinski definition) is 4. The Balaban J connectivity index is 1.81. The fourth-order valence-electron chi connectivity index (χ4n) is 2.36. The summed E-state index contributed by atoms with van der Waals surface area (Å²) in [5, 5.41) is 7.99. The second kappa shape index (κ2) is 9.96. The Hall–Kier alpha value is -3.35. The molecule has 2 rings (SSSR count). The number of amides is 3. The zero-order valence-corrected chi connectivity index (χ0v) is 15.4. The standard InChI is InChI=1S/C20H23N3O4/c1-3-27-18-7-5-4-6-17(18)20(26)22-13-19(25)21-12-15-8-10-16(11-9-15)23-14(2)24/h4-11H,3,12-13H2,1-2H3,(H,21,25)(H,22,26)(H,23,24). The van der Waals surface area contributed by atoms with Gasteiger partial charge in [-0.2, -0.15) is 0 Å². The van der Waals surface area contributed by atoms with Crippen LogP contribution in [-0.4, -0.2) is 30.9 Å². The van der Waals surface area contributed by atoms with E-state index in [1.54, 1.807) is 36.4 Å². The fraction of sp³-hybridized carbons (Fsp3) is 0.250. The van der Waals surface area contributed by atoms with E-state index in [1.807, 2.05) is 19.1 Å². The van der Waals surface area contributed by atoms with Crippen molar-refractivity contribution in [2.24, 2.45) is 0 Å². The van der Waals surface area contributed by atoms with Gasteiger partial charge in [-0.25, -0.2) is 0 Å². The number of hydrogen-bond donors (Lipinski definition) is 3. The largest absolute Gasteiger partial charge is 0.493 e. The van der Waals surface area contributed by atoms with Gasteiger partial charge in [-0.05, 0) is 36.8 Å². The third kappa shape index (κ3) is 6.47. The molecule has 0 aromatic heterocycles. The second-order valence-corrected chi connectivity index (χ2v) is 5.77. The monoisotopic (exact) mass is 369 g/mol. The summed E-state index contributed by atoms with van der Waals surface area (Å²) >= 11 is 0. The minimum Gasteiger partial charge on any atom is -0.493 e. The van der Waals surface area contributed by atoms with Crippen molar-refractivity contribution in [2.45, 2.75) is 20.4 Å². The van der Waals surface area contributed by atoms with Crippen molar-refractivity contribution in [3.8, 4) is 5.75 Å². The van der Waals surface area contributed by atoms with Gasteiger partial charge < -0.3 is 20.7 Å². The summed E-state index contributed by atoms with van der Waals surface area (Å²) in [5.74, 6) is -0.327. The average molecular weight is 369 g/mol. The van der Waals surface area contributed by atoms with E-state index in [9.17, 15) is 14.4 Å². The lowest BCUT2D eigenvalue weighted by Gasteiger charge is -2.11. The quantitative estimate of drug-likeness (QED) is 0.664. The lowest BCUT2D eigenvalue weighted by atomic mass is 10.2. The molecule has 7 nitrogen and oxygen atoms in total. The molecule has 27 heavy (non-hydrogen) atoms. The maximum absolute atomic E-state index is 12.2. The minimum atomic E-state index is -0.367. The molecule has 0 heterocycles. The van der Waals surface area contributed by atoms with Gasteiger partial charge in [-0.3, -0.25) is 14.4 Å². The number of benzene rings is 2. The Morgan fingerprint density at radius 3 is 2.33 bits per heavy atom. The molecule has 3 amide bonds. The third-order valence-electron chi connectivity index (χ3n) is 3.61. The van der Waals surface area contributed by atoms with Crippen LogP contribution in [0.4, 0.5) is 5.69 Å². The first kappa shape index (κ1) is 20.0. The van der Waals surface area contributed by atoms with E-state index in [0.717, 1.165) is 5.56 Å². The van der Waals surface area contributed by atoms with Crippen LogP contribution < -0.4 is 20.7 Å². The Bertz CT molecular complexity index is 803. The number of anilines is 1. The predicted octanol–water partition coefficient (Wildman–Crippen LogP) is 2.09. The summed E-state index contributed by atoms with van der Waals surface area (Å²) < 4.78 is 5.42. The van der Waals surface area contributed by atoms with Gasteiger partial charge >= 0.3 is 0 Å². The van der Waals surface area contributed by atoms with Crippen molar-refractivity contribution in [3.05, 3.63) is 59.7 Å². The molecule has 0 aliphatic carbocycles. The second-order valence-electron chi connectivity index (χ2n) is 5.77. The highest BCUT2D eigenvalue weighted by molar-refractivity contribution is 5.98. The summed E-state index contributed by atoms with van der Waals surface area (Å²) in [7, 11) is 0. The van der Waals surface area contributed by atoms with Crippen LogP contribution in [0.3, 0.4) is 0 Å². The topological polar surface area (TPSA) is 96.5 Å². The van der Waals surface area contributed by atoms with Crippen molar-refractivity contribution >= 4 is 23.4 Å². The van der Waals surface area contributed by atoms with Crippen LogP contribution in [0.25, 0.3) is 0 Å². The Labute approximate surface area is 158 Å². The first-order valence-electron chi connectivity index (χ1n) is 8.63. The summed E-state index contributed by atoms with van der Waals surface area (Å²) in [6.45, 7) is 3.92. The van der Waals surface area contributed by atoms with Crippen LogP contribution in [0.15, 0.2) is 48.5 Å². The van der Waals surface area contributed by atoms with E-state index in [-0.39, 0.29) is 24.3 Å². The van der Waals surface area contributed by atoms with Crippen LogP contribution in [0.5, 0.6) is 5.75 Å². The van der Waals surface area contributed by atoms with Crippen LogP contribution >= 0.6 is 0 Å². The van der Waals surface area contributed by atoms with E-state index in [2.05, 4.69) is 16.0 Å². The molecular formula is C20H23N3O4. The maximum Gasteiger partial charge on any atom is 0.255 e. The van der Waals surface area contributed by atoms with Crippen LogP contribution in [0, 0.1) is 0 Å². The Morgan fingerprint density at radius 1 is 0.963 bits per heavy atom. The van der Waals surface area contributed by atoms with E-state index < -0.39 is 0 Å². The minimum absolute atomic E-state index is 0.136. The van der Waals surface area contributed by atoms with Gasteiger partial charge in [-0.1, -0.05) is 24.3 Å². The molecule has 0 bridgehead atoms. The van der Waals surface area contributed by atoms with E-state index in [1.165, 1.54) is 6.92 Å². The highest BCUT2D eigenvalue weighted by atomic mass is 16.5. The lowest BCUT2D eigenvalue weighted by Crippen LogP contribution is -2.36. The molecule has 0 radical (unpaired) electrons. The van der Waals surface area contributed by atoms with Gasteiger partial charge in [0, 0.05) is 19.2 Å². The summed E-state index contributed by atoms with van der Waals surface area (Å²) in [6.07, 6.45) is 0. The predicted molar refractivity (Wildman–Crippen MR) is 103 cm³/mol. The Morgan fingerprint density at radius 2 is 1.67 bits per heavy atom. The maximum atomic E-state index is 12.2. The third-order valence-corrected chi connectivity index (χ3v) is 3.61. The van der Waals surface area contributed by atoms with Crippen molar-refractivity contribution < 1.29 is 19.1 Å². The molecular weight excluding hydrogens is 346 g/mol. The number of carbonyl (C=O) groups is 3. The number of nitrogens with one attached hydrogen (secondary N) is 3. The SMILES string of the molecule is CCOc1ccccc1C(=O)NCC(=O)NCc1ccc(NC(C)=O)cc1. The first-order valence-corrected chi connectivity index (χ1v) is 8.63. The van der Waals surface area contributed by atoms with Gasteiger partial charge in [0.25, 0.3) is 5.91 Å². The number of para-hydroxylation sites is 1. The summed E-state index contributed by atoms with van der Waals surface area (Å²) in [5.41, 5.74) is 1.96. The number of rotatable bonds is 8. The molecule has 0 atom stereocenters. The highest BCUT2D eigenvalue weighted by Gasteiger charge is 2.12. The van der Waals surface area contributed by atoms with Crippen molar-refractivity contribution in [1.82, 2.24) is 10.6 Å². The molecule has 0 spiro atoms. The lowest BCUT2D eigenvalue weighted by molar-refractivity contribution is -0.120. The molecule has 0 fully saturated rings. The molecule has 7 heteroatoms. The van der Waals surface area contributed by atoms with Gasteiger partial charge in [0.05, 0.1) is 18.7 Å². The number of carbonyl (C=O) groups excluding carboxylic acids is 3. The van der Waals surface area contributed by atoms with E-state index >= 15 is 0 Å². The zero-order valence-electron chi connectivity index (χ0n) is 15.4. The van der Waals surface area contributed by atoms with E-state index in [4.69, 9.17) is 4.74 Å². The molecule has 2 aromatic carbocycles. The molecule has 0 saturated carbocycles. The van der Waals surface area contributed by atoms with Gasteiger partial charge in [-0.15, -0.1) is 0 Å². The van der Waals surface area contributed by atoms with Crippen molar-refractivity contribution in [2.75, 3.05) is 18.5 Å². The Kier molecular flexibility index (Phi) is 7.37. The van der Waals surface area contributed by atoms with Crippen molar-refractivity contribution in [1.29, 1.82) is 0 Å². The molecule has 0 saturated heterocycles. The van der Waals surface area contributed by atoms with Gasteiger partial charge in [0.2, 0.25) is 11.8 Å². The van der Waals surface area contributed by atoms with Crippen LogP contribution in [0.2, 0.25) is 0 Å². The van der Waals surface area contributed by atoms with Crippen LogP contribution in [-0.2, 0) is 16.1 Å².